The summed E-state index contributed by atoms with van der Waals surface area (Å²) in [7, 11) is 0. The first kappa shape index (κ1) is 13.4. The van der Waals surface area contributed by atoms with Crippen molar-refractivity contribution >= 4 is 21.8 Å². The van der Waals surface area contributed by atoms with Crippen molar-refractivity contribution in [1.29, 1.82) is 0 Å². The van der Waals surface area contributed by atoms with Gasteiger partial charge in [-0.2, -0.15) is 0 Å². The number of hydrogen-bond donors (Lipinski definition) is 0. The largest absolute Gasteiger partial charge is 0.483 e. The molecular weight excluding hydrogens is 298 g/mol. The maximum Gasteiger partial charge on any atom is 0.260 e. The molecule has 1 amide bonds. The number of benzene rings is 1. The monoisotopic (exact) mass is 313 g/mol. The molecule has 1 aliphatic rings. The zero-order valence-corrected chi connectivity index (χ0v) is 11.9. The van der Waals surface area contributed by atoms with Crippen molar-refractivity contribution in [1.82, 2.24) is 4.90 Å². The zero-order valence-electron chi connectivity index (χ0n) is 10.3. The van der Waals surface area contributed by atoms with Gasteiger partial charge in [-0.3, -0.25) is 4.79 Å². The highest BCUT2D eigenvalue weighted by molar-refractivity contribution is 9.10. The fourth-order valence-corrected chi connectivity index (χ4v) is 2.11. The van der Waals surface area contributed by atoms with Gasteiger partial charge in [0, 0.05) is 17.6 Å². The molecule has 0 atom stereocenters. The van der Waals surface area contributed by atoms with E-state index in [4.69, 9.17) is 9.47 Å². The Kier molecular flexibility index (Phi) is 4.60. The van der Waals surface area contributed by atoms with Gasteiger partial charge in [-0.1, -0.05) is 22.0 Å². The number of rotatable bonds is 3. The van der Waals surface area contributed by atoms with E-state index >= 15 is 0 Å². The lowest BCUT2D eigenvalue weighted by atomic mass is 10.2. The van der Waals surface area contributed by atoms with Crippen molar-refractivity contribution in [2.75, 3.05) is 32.9 Å². The van der Waals surface area contributed by atoms with Crippen LogP contribution >= 0.6 is 15.9 Å². The third-order valence-electron chi connectivity index (χ3n) is 2.87. The number of carbonyl (C=O) groups excluding carboxylic acids is 1. The minimum absolute atomic E-state index is 0.0117. The maximum atomic E-state index is 11.9. The van der Waals surface area contributed by atoms with E-state index in [9.17, 15) is 4.79 Å². The summed E-state index contributed by atoms with van der Waals surface area (Å²) in [4.78, 5) is 13.7. The minimum atomic E-state index is 0.0117. The van der Waals surface area contributed by atoms with Gasteiger partial charge < -0.3 is 14.4 Å². The van der Waals surface area contributed by atoms with E-state index in [0.717, 1.165) is 15.8 Å². The average Bonchev–Trinajstić information content (AvgIpc) is 2.40. The molecular formula is C13H16BrNO3. The lowest BCUT2D eigenvalue weighted by Crippen LogP contribution is -2.43. The Morgan fingerprint density at radius 1 is 1.44 bits per heavy atom. The molecule has 0 bridgehead atoms. The quantitative estimate of drug-likeness (QED) is 0.856. The molecule has 1 aromatic carbocycles. The summed E-state index contributed by atoms with van der Waals surface area (Å²) in [5.74, 6) is 0.753. The van der Waals surface area contributed by atoms with E-state index in [0.29, 0.717) is 26.3 Å². The predicted molar refractivity (Wildman–Crippen MR) is 71.8 cm³/mol. The Labute approximate surface area is 115 Å². The summed E-state index contributed by atoms with van der Waals surface area (Å²) in [6.45, 7) is 4.57. The smallest absolute Gasteiger partial charge is 0.260 e. The second kappa shape index (κ2) is 6.20. The summed E-state index contributed by atoms with van der Waals surface area (Å²) >= 11 is 3.39. The minimum Gasteiger partial charge on any atom is -0.483 e. The van der Waals surface area contributed by atoms with Crippen LogP contribution in [0.2, 0.25) is 0 Å². The van der Waals surface area contributed by atoms with Gasteiger partial charge in [-0.15, -0.1) is 0 Å². The van der Waals surface area contributed by atoms with Gasteiger partial charge in [0.2, 0.25) is 0 Å². The molecule has 0 aliphatic carbocycles. The molecule has 1 saturated heterocycles. The van der Waals surface area contributed by atoms with Crippen molar-refractivity contribution < 1.29 is 14.3 Å². The summed E-state index contributed by atoms with van der Waals surface area (Å²) < 4.78 is 11.7. The Balaban J connectivity index is 1.90. The highest BCUT2D eigenvalue weighted by atomic mass is 79.9. The fourth-order valence-electron chi connectivity index (χ4n) is 1.77. The van der Waals surface area contributed by atoms with Crippen molar-refractivity contribution in [3.05, 3.63) is 28.2 Å². The van der Waals surface area contributed by atoms with Gasteiger partial charge in [0.25, 0.3) is 5.91 Å². The summed E-state index contributed by atoms with van der Waals surface area (Å²) in [6, 6.07) is 5.78. The topological polar surface area (TPSA) is 38.8 Å². The Morgan fingerprint density at radius 2 is 2.17 bits per heavy atom. The van der Waals surface area contributed by atoms with Crippen LogP contribution in [0.5, 0.6) is 5.75 Å². The highest BCUT2D eigenvalue weighted by Crippen LogP contribution is 2.22. The molecule has 0 spiro atoms. The van der Waals surface area contributed by atoms with Crippen LogP contribution in [-0.2, 0) is 9.53 Å². The van der Waals surface area contributed by atoms with E-state index in [1.807, 2.05) is 25.1 Å². The average molecular weight is 314 g/mol. The van der Waals surface area contributed by atoms with Crippen LogP contribution in [-0.4, -0.2) is 43.7 Å². The van der Waals surface area contributed by atoms with Gasteiger partial charge >= 0.3 is 0 Å². The van der Waals surface area contributed by atoms with Gasteiger partial charge in [-0.25, -0.2) is 0 Å². The third kappa shape index (κ3) is 3.46. The van der Waals surface area contributed by atoms with E-state index in [1.54, 1.807) is 4.90 Å². The van der Waals surface area contributed by atoms with Gasteiger partial charge in [-0.05, 0) is 24.6 Å². The molecule has 98 valence electrons. The Morgan fingerprint density at radius 3 is 2.89 bits per heavy atom. The van der Waals surface area contributed by atoms with Crippen molar-refractivity contribution in [2.45, 2.75) is 6.92 Å². The molecule has 4 nitrogen and oxygen atoms in total. The molecule has 0 radical (unpaired) electrons. The molecule has 2 rings (SSSR count). The number of aryl methyl sites for hydroxylation is 1. The van der Waals surface area contributed by atoms with Crippen LogP contribution < -0.4 is 4.74 Å². The van der Waals surface area contributed by atoms with Crippen LogP contribution in [0, 0.1) is 6.92 Å². The maximum absolute atomic E-state index is 11.9. The summed E-state index contributed by atoms with van der Waals surface area (Å²) in [6.07, 6.45) is 0. The lowest BCUT2D eigenvalue weighted by molar-refractivity contribution is -0.137. The molecule has 0 unspecified atom stereocenters. The van der Waals surface area contributed by atoms with Crippen LogP contribution in [0.4, 0.5) is 0 Å². The van der Waals surface area contributed by atoms with E-state index in [2.05, 4.69) is 15.9 Å². The molecule has 18 heavy (non-hydrogen) atoms. The number of morpholine rings is 1. The van der Waals surface area contributed by atoms with Gasteiger partial charge in [0.1, 0.15) is 5.75 Å². The number of amides is 1. The molecule has 0 saturated carbocycles. The first-order valence-corrected chi connectivity index (χ1v) is 6.70. The normalized spacial score (nSPS) is 15.6. The molecule has 1 aliphatic heterocycles. The van der Waals surface area contributed by atoms with Crippen LogP contribution in [0.3, 0.4) is 0 Å². The lowest BCUT2D eigenvalue weighted by Gasteiger charge is -2.26. The number of carbonyl (C=O) groups is 1. The standard InChI is InChI=1S/C13H16BrNO3/c1-10-2-3-11(14)8-12(10)18-9-13(16)15-4-6-17-7-5-15/h2-3,8H,4-7,9H2,1H3. The first-order valence-electron chi connectivity index (χ1n) is 5.91. The molecule has 1 aromatic rings. The van der Waals surface area contributed by atoms with Crippen molar-refractivity contribution in [3.8, 4) is 5.75 Å². The number of hydrogen-bond acceptors (Lipinski definition) is 3. The Hall–Kier alpha value is -1.07. The molecule has 0 N–H and O–H groups in total. The number of ether oxygens (including phenoxy) is 2. The van der Waals surface area contributed by atoms with Crippen LogP contribution in [0.15, 0.2) is 22.7 Å². The highest BCUT2D eigenvalue weighted by Gasteiger charge is 2.17. The molecule has 1 fully saturated rings. The van der Waals surface area contributed by atoms with Crippen LogP contribution in [0.1, 0.15) is 5.56 Å². The SMILES string of the molecule is Cc1ccc(Br)cc1OCC(=O)N1CCOCC1. The number of halogens is 1. The second-order valence-electron chi connectivity index (χ2n) is 4.19. The summed E-state index contributed by atoms with van der Waals surface area (Å²) in [5, 5.41) is 0. The predicted octanol–water partition coefficient (Wildman–Crippen LogP) is 2.00. The van der Waals surface area contributed by atoms with E-state index in [-0.39, 0.29) is 12.5 Å². The molecule has 1 heterocycles. The summed E-state index contributed by atoms with van der Waals surface area (Å²) in [5.41, 5.74) is 1.02. The number of nitrogens with zero attached hydrogens (tertiary/aromatic N) is 1. The van der Waals surface area contributed by atoms with Gasteiger partial charge in [0.05, 0.1) is 13.2 Å². The van der Waals surface area contributed by atoms with Crippen LogP contribution in [0.25, 0.3) is 0 Å². The zero-order chi connectivity index (χ0) is 13.0. The molecule has 0 aromatic heterocycles. The van der Waals surface area contributed by atoms with Gasteiger partial charge in [0.15, 0.2) is 6.61 Å². The van der Waals surface area contributed by atoms with E-state index in [1.165, 1.54) is 0 Å². The Bertz CT molecular complexity index is 430. The van der Waals surface area contributed by atoms with Crippen molar-refractivity contribution in [2.24, 2.45) is 0 Å². The first-order chi connectivity index (χ1) is 8.66. The third-order valence-corrected chi connectivity index (χ3v) is 3.36. The van der Waals surface area contributed by atoms with E-state index < -0.39 is 0 Å². The second-order valence-corrected chi connectivity index (χ2v) is 5.11. The fraction of sp³-hybridized carbons (Fsp3) is 0.462. The van der Waals surface area contributed by atoms with Crippen molar-refractivity contribution in [3.63, 3.8) is 0 Å². The molecule has 5 heteroatoms.